The van der Waals surface area contributed by atoms with Gasteiger partial charge >= 0.3 is 0 Å². The Hall–Kier alpha value is -1.54. The summed E-state index contributed by atoms with van der Waals surface area (Å²) in [6.45, 7) is 0. The van der Waals surface area contributed by atoms with Crippen molar-refractivity contribution in [3.63, 3.8) is 0 Å². The van der Waals surface area contributed by atoms with Gasteiger partial charge in [0, 0.05) is 10.0 Å². The van der Waals surface area contributed by atoms with E-state index >= 15 is 0 Å². The maximum atomic E-state index is 10.9. The standard InChI is InChI=1S/C11H10BrNO3/c1-15-10-7(6-14)5-9(12)8(3-4-13)11(10)16-2/h5-6H,3H2,1-2H3. The van der Waals surface area contributed by atoms with Crippen molar-refractivity contribution in [1.82, 2.24) is 0 Å². The van der Waals surface area contributed by atoms with Crippen LogP contribution in [-0.4, -0.2) is 20.5 Å². The number of carbonyl (C=O) groups excluding carboxylic acids is 1. The van der Waals surface area contributed by atoms with Crippen LogP contribution in [0.1, 0.15) is 15.9 Å². The van der Waals surface area contributed by atoms with Gasteiger partial charge in [0.2, 0.25) is 0 Å². The topological polar surface area (TPSA) is 59.3 Å². The SMILES string of the molecule is COc1c(C=O)cc(Br)c(CC#N)c1OC. The fraction of sp³-hybridized carbons (Fsp3) is 0.273. The van der Waals surface area contributed by atoms with Crippen molar-refractivity contribution >= 4 is 22.2 Å². The molecule has 0 aliphatic carbocycles. The summed E-state index contributed by atoms with van der Waals surface area (Å²) in [7, 11) is 2.93. The zero-order chi connectivity index (χ0) is 12.1. The Balaban J connectivity index is 3.52. The average molecular weight is 284 g/mol. The molecule has 0 spiro atoms. The van der Waals surface area contributed by atoms with Gasteiger partial charge in [-0.15, -0.1) is 0 Å². The summed E-state index contributed by atoms with van der Waals surface area (Å²) in [5.74, 6) is 0.770. The highest BCUT2D eigenvalue weighted by molar-refractivity contribution is 9.10. The fourth-order valence-corrected chi connectivity index (χ4v) is 1.99. The second-order valence-corrected chi connectivity index (χ2v) is 3.80. The molecule has 16 heavy (non-hydrogen) atoms. The zero-order valence-electron chi connectivity index (χ0n) is 8.91. The lowest BCUT2D eigenvalue weighted by Crippen LogP contribution is -2.00. The van der Waals surface area contributed by atoms with E-state index in [4.69, 9.17) is 14.7 Å². The van der Waals surface area contributed by atoms with E-state index in [-0.39, 0.29) is 6.42 Å². The molecule has 84 valence electrons. The van der Waals surface area contributed by atoms with Crippen LogP contribution in [0.3, 0.4) is 0 Å². The number of ether oxygens (including phenoxy) is 2. The van der Waals surface area contributed by atoms with Gasteiger partial charge in [-0.05, 0) is 6.07 Å². The molecule has 1 aromatic carbocycles. The summed E-state index contributed by atoms with van der Waals surface area (Å²) in [4.78, 5) is 10.9. The minimum atomic E-state index is 0.180. The summed E-state index contributed by atoms with van der Waals surface area (Å²) >= 11 is 3.30. The molecule has 1 rings (SSSR count). The molecule has 0 fully saturated rings. The first kappa shape index (κ1) is 12.5. The van der Waals surface area contributed by atoms with Gasteiger partial charge in [-0.3, -0.25) is 4.79 Å². The number of benzene rings is 1. The second kappa shape index (κ2) is 5.52. The Kier molecular flexibility index (Phi) is 4.32. The average Bonchev–Trinajstić information content (AvgIpc) is 2.30. The van der Waals surface area contributed by atoms with Crippen LogP contribution in [0.15, 0.2) is 10.5 Å². The third-order valence-electron chi connectivity index (χ3n) is 2.10. The van der Waals surface area contributed by atoms with E-state index in [9.17, 15) is 4.79 Å². The van der Waals surface area contributed by atoms with Gasteiger partial charge in [0.15, 0.2) is 17.8 Å². The van der Waals surface area contributed by atoms with E-state index in [1.165, 1.54) is 14.2 Å². The maximum Gasteiger partial charge on any atom is 0.171 e. The first-order chi connectivity index (χ1) is 7.69. The predicted molar refractivity (Wildman–Crippen MR) is 62.0 cm³/mol. The fourth-order valence-electron chi connectivity index (χ4n) is 1.42. The van der Waals surface area contributed by atoms with Crippen LogP contribution in [0.5, 0.6) is 11.5 Å². The number of aldehydes is 1. The van der Waals surface area contributed by atoms with Crippen molar-refractivity contribution in [3.8, 4) is 17.6 Å². The minimum absolute atomic E-state index is 0.180. The van der Waals surface area contributed by atoms with Gasteiger partial charge in [0.1, 0.15) is 0 Å². The van der Waals surface area contributed by atoms with Gasteiger partial charge in [0.25, 0.3) is 0 Å². The number of nitrogens with zero attached hydrogens (tertiary/aromatic N) is 1. The molecule has 0 aliphatic heterocycles. The number of hydrogen-bond acceptors (Lipinski definition) is 4. The molecule has 0 radical (unpaired) electrons. The third-order valence-corrected chi connectivity index (χ3v) is 2.81. The summed E-state index contributed by atoms with van der Waals surface area (Å²) < 4.78 is 11.0. The van der Waals surface area contributed by atoms with E-state index in [0.29, 0.717) is 33.4 Å². The third kappa shape index (κ3) is 2.17. The Morgan fingerprint density at radius 2 is 2.06 bits per heavy atom. The first-order valence-electron chi connectivity index (χ1n) is 4.45. The van der Waals surface area contributed by atoms with Gasteiger partial charge < -0.3 is 9.47 Å². The molecule has 0 saturated heterocycles. The molecule has 0 heterocycles. The summed E-state index contributed by atoms with van der Waals surface area (Å²) in [6, 6.07) is 3.65. The Morgan fingerprint density at radius 1 is 1.44 bits per heavy atom. The molecule has 0 bridgehead atoms. The van der Waals surface area contributed by atoms with Gasteiger partial charge in [-0.1, -0.05) is 15.9 Å². The zero-order valence-corrected chi connectivity index (χ0v) is 10.5. The highest BCUT2D eigenvalue weighted by Crippen LogP contribution is 2.38. The summed E-state index contributed by atoms with van der Waals surface area (Å²) in [6.07, 6.45) is 0.863. The quantitative estimate of drug-likeness (QED) is 0.796. The number of methoxy groups -OCH3 is 2. The van der Waals surface area contributed by atoms with E-state index in [1.54, 1.807) is 6.07 Å². The summed E-state index contributed by atoms with van der Waals surface area (Å²) in [5.41, 5.74) is 1.06. The number of hydrogen-bond donors (Lipinski definition) is 0. The Bertz CT molecular complexity index is 452. The molecule has 0 unspecified atom stereocenters. The normalized spacial score (nSPS) is 9.38. The van der Waals surface area contributed by atoms with Crippen molar-refractivity contribution in [2.24, 2.45) is 0 Å². The molecule has 0 atom stereocenters. The van der Waals surface area contributed by atoms with Crippen LogP contribution in [-0.2, 0) is 6.42 Å². The lowest BCUT2D eigenvalue weighted by Gasteiger charge is -2.14. The maximum absolute atomic E-state index is 10.9. The molecule has 0 aliphatic rings. The molecule has 1 aromatic rings. The molecular formula is C11H10BrNO3. The highest BCUT2D eigenvalue weighted by Gasteiger charge is 2.18. The van der Waals surface area contributed by atoms with Crippen molar-refractivity contribution in [2.45, 2.75) is 6.42 Å². The van der Waals surface area contributed by atoms with Crippen LogP contribution in [0.2, 0.25) is 0 Å². The molecule has 0 aromatic heterocycles. The largest absolute Gasteiger partial charge is 0.492 e. The number of halogens is 1. The predicted octanol–water partition coefficient (Wildman–Crippen LogP) is 2.34. The first-order valence-corrected chi connectivity index (χ1v) is 5.24. The molecule has 0 N–H and O–H groups in total. The highest BCUT2D eigenvalue weighted by atomic mass is 79.9. The van der Waals surface area contributed by atoms with Gasteiger partial charge in [-0.25, -0.2) is 0 Å². The molecule has 0 saturated carbocycles. The van der Waals surface area contributed by atoms with Crippen molar-refractivity contribution in [1.29, 1.82) is 5.26 Å². The lowest BCUT2D eigenvalue weighted by molar-refractivity contribution is 0.112. The van der Waals surface area contributed by atoms with Crippen LogP contribution in [0.4, 0.5) is 0 Å². The number of carbonyl (C=O) groups is 1. The van der Waals surface area contributed by atoms with Gasteiger partial charge in [0.05, 0.1) is 32.3 Å². The number of rotatable bonds is 4. The van der Waals surface area contributed by atoms with Crippen molar-refractivity contribution in [3.05, 3.63) is 21.7 Å². The Labute approximate surface area is 102 Å². The van der Waals surface area contributed by atoms with Crippen molar-refractivity contribution < 1.29 is 14.3 Å². The Morgan fingerprint density at radius 3 is 2.50 bits per heavy atom. The molecule has 0 amide bonds. The van der Waals surface area contributed by atoms with Gasteiger partial charge in [-0.2, -0.15) is 5.26 Å². The summed E-state index contributed by atoms with van der Waals surface area (Å²) in [5, 5.41) is 8.72. The van der Waals surface area contributed by atoms with Crippen molar-refractivity contribution in [2.75, 3.05) is 14.2 Å². The van der Waals surface area contributed by atoms with E-state index in [0.717, 1.165) is 0 Å². The molecule has 5 heteroatoms. The van der Waals surface area contributed by atoms with Crippen LogP contribution >= 0.6 is 15.9 Å². The second-order valence-electron chi connectivity index (χ2n) is 2.95. The monoisotopic (exact) mass is 283 g/mol. The number of nitriles is 1. The molecular weight excluding hydrogens is 274 g/mol. The van der Waals surface area contributed by atoms with Crippen LogP contribution in [0.25, 0.3) is 0 Å². The van der Waals surface area contributed by atoms with E-state index in [1.807, 2.05) is 6.07 Å². The lowest BCUT2D eigenvalue weighted by atomic mass is 10.1. The van der Waals surface area contributed by atoms with Crippen LogP contribution < -0.4 is 9.47 Å². The van der Waals surface area contributed by atoms with E-state index < -0.39 is 0 Å². The van der Waals surface area contributed by atoms with Crippen LogP contribution in [0, 0.1) is 11.3 Å². The molecule has 4 nitrogen and oxygen atoms in total. The smallest absolute Gasteiger partial charge is 0.171 e. The minimum Gasteiger partial charge on any atom is -0.492 e. The van der Waals surface area contributed by atoms with E-state index in [2.05, 4.69) is 15.9 Å².